The lowest BCUT2D eigenvalue weighted by atomic mass is 9.64. The number of imidazole rings is 1. The van der Waals surface area contributed by atoms with Gasteiger partial charge in [0.05, 0.1) is 27.4 Å². The molecule has 3 aromatic carbocycles. The average Bonchev–Trinajstić information content (AvgIpc) is 3.84. The number of carbonyl (C=O) groups excluding carboxylic acids is 1. The van der Waals surface area contributed by atoms with E-state index in [9.17, 15) is 23.3 Å². The number of ether oxygens (including phenoxy) is 1. The summed E-state index contributed by atoms with van der Waals surface area (Å²) < 4.78 is 48.9. The van der Waals surface area contributed by atoms with Gasteiger partial charge in [-0.25, -0.2) is 22.6 Å². The minimum absolute atomic E-state index is 0.00206. The van der Waals surface area contributed by atoms with Crippen molar-refractivity contribution in [1.82, 2.24) is 19.8 Å². The first-order valence-corrected chi connectivity index (χ1v) is 20.2. The van der Waals surface area contributed by atoms with E-state index in [2.05, 4.69) is 26.6 Å². The number of anilines is 1. The third-order valence-corrected chi connectivity index (χ3v) is 13.6. The van der Waals surface area contributed by atoms with Gasteiger partial charge in [0, 0.05) is 74.1 Å². The Morgan fingerprint density at radius 2 is 1.76 bits per heavy atom. The summed E-state index contributed by atoms with van der Waals surface area (Å²) in [6.45, 7) is 6.51. The van der Waals surface area contributed by atoms with Gasteiger partial charge in [-0.3, -0.25) is 10.1 Å². The number of hydrogen-bond donors (Lipinski definition) is 1. The van der Waals surface area contributed by atoms with Gasteiger partial charge in [-0.15, -0.1) is 0 Å². The lowest BCUT2D eigenvalue weighted by Crippen LogP contribution is -2.58. The lowest BCUT2D eigenvalue weighted by Gasteiger charge is -2.52. The number of sulfone groups is 1. The number of halogens is 1. The summed E-state index contributed by atoms with van der Waals surface area (Å²) in [5.74, 6) is 1.27. The van der Waals surface area contributed by atoms with Crippen molar-refractivity contribution in [3.63, 3.8) is 0 Å². The van der Waals surface area contributed by atoms with Crippen molar-refractivity contribution in [2.75, 3.05) is 44.7 Å². The topological polar surface area (TPSA) is 140 Å². The van der Waals surface area contributed by atoms with E-state index in [1.807, 2.05) is 18.5 Å². The van der Waals surface area contributed by atoms with E-state index in [4.69, 9.17) is 9.72 Å². The molecule has 3 fully saturated rings. The first kappa shape index (κ1) is 37.5. The van der Waals surface area contributed by atoms with Gasteiger partial charge in [0.1, 0.15) is 11.6 Å². The molecular formula is C40H47FN6O6S. The van der Waals surface area contributed by atoms with Crippen LogP contribution < -0.4 is 10.2 Å². The second-order valence-electron chi connectivity index (χ2n) is 14.8. The number of aromatic nitrogens is 2. The predicted molar refractivity (Wildman–Crippen MR) is 202 cm³/mol. The molecule has 1 unspecified atom stereocenters. The van der Waals surface area contributed by atoms with E-state index < -0.39 is 26.4 Å². The quantitative estimate of drug-likeness (QED) is 0.128. The molecule has 4 aromatic rings. The van der Waals surface area contributed by atoms with Crippen molar-refractivity contribution in [2.45, 2.75) is 66.8 Å². The number of nitro groups is 1. The van der Waals surface area contributed by atoms with E-state index in [1.165, 1.54) is 31.4 Å². The molecule has 0 bridgehead atoms. The van der Waals surface area contributed by atoms with E-state index >= 15 is 4.39 Å². The molecule has 1 aliphatic carbocycles. The summed E-state index contributed by atoms with van der Waals surface area (Å²) in [6, 6.07) is 18.7. The highest BCUT2D eigenvalue weighted by molar-refractivity contribution is 7.91. The van der Waals surface area contributed by atoms with Crippen LogP contribution in [0.1, 0.15) is 50.4 Å². The molecule has 0 radical (unpaired) electrons. The molecule has 12 nitrogen and oxygen atoms in total. The molecule has 1 aromatic heterocycles. The van der Waals surface area contributed by atoms with Crippen molar-refractivity contribution in [2.24, 2.45) is 17.8 Å². The molecule has 14 heteroatoms. The molecule has 1 N–H and O–H groups in total. The lowest BCUT2D eigenvalue weighted by molar-refractivity contribution is -0.385. The minimum Gasteiger partial charge on any atom is -0.453 e. The van der Waals surface area contributed by atoms with Crippen LogP contribution >= 0.6 is 0 Å². The number of methoxy groups -OCH3 is 1. The van der Waals surface area contributed by atoms with Crippen LogP contribution in [0.4, 0.5) is 20.6 Å². The number of alkyl carbamates (subject to hydrolysis) is 1. The SMILES string of the molecule is CCc1nccn1C(c1cccc(F)c1)(C1CCN(CC2CN(c3ccc(S(=O)(=O)c4cccc([N+](=O)[O-])c4)cc3)C2)CC1)[C@H]1CCC[C@@H]1NC(=O)OC. The Hall–Kier alpha value is -4.82. The highest BCUT2D eigenvalue weighted by Crippen LogP contribution is 2.52. The fourth-order valence-electron chi connectivity index (χ4n) is 9.36. The zero-order chi connectivity index (χ0) is 38.0. The molecule has 0 spiro atoms. The summed E-state index contributed by atoms with van der Waals surface area (Å²) in [5.41, 5.74) is 0.950. The van der Waals surface area contributed by atoms with Crippen molar-refractivity contribution in [3.8, 4) is 0 Å². The predicted octanol–water partition coefficient (Wildman–Crippen LogP) is 6.44. The first-order valence-electron chi connectivity index (χ1n) is 18.7. The molecule has 7 rings (SSSR count). The van der Waals surface area contributed by atoms with Crippen molar-refractivity contribution in [3.05, 3.63) is 113 Å². The van der Waals surface area contributed by atoms with Gasteiger partial charge < -0.3 is 24.4 Å². The molecular weight excluding hydrogens is 712 g/mol. The van der Waals surface area contributed by atoms with Crippen LogP contribution in [0.25, 0.3) is 0 Å². The number of hydrogen-bond acceptors (Lipinski definition) is 9. The van der Waals surface area contributed by atoms with Crippen LogP contribution in [-0.4, -0.2) is 79.8 Å². The van der Waals surface area contributed by atoms with E-state index in [1.54, 1.807) is 36.4 Å². The fraction of sp³-hybridized carbons (Fsp3) is 0.450. The first-order chi connectivity index (χ1) is 26.0. The Balaban J connectivity index is 1.05. The number of piperidine rings is 1. The van der Waals surface area contributed by atoms with Gasteiger partial charge in [-0.1, -0.05) is 31.5 Å². The second-order valence-corrected chi connectivity index (χ2v) is 16.7. The van der Waals surface area contributed by atoms with Gasteiger partial charge in [0.15, 0.2) is 0 Å². The molecule has 2 aliphatic heterocycles. The molecule has 286 valence electrons. The molecule has 1 saturated carbocycles. The van der Waals surface area contributed by atoms with Crippen LogP contribution in [0.15, 0.2) is 95.0 Å². The number of carbonyl (C=O) groups is 1. The van der Waals surface area contributed by atoms with Crippen LogP contribution in [0.5, 0.6) is 0 Å². The number of nitrogens with one attached hydrogen (secondary N) is 1. The van der Waals surface area contributed by atoms with Gasteiger partial charge in [0.2, 0.25) is 9.84 Å². The maximum atomic E-state index is 15.1. The maximum Gasteiger partial charge on any atom is 0.407 e. The normalized spacial score (nSPS) is 21.0. The third kappa shape index (κ3) is 7.08. The minimum atomic E-state index is -3.90. The zero-order valence-corrected chi connectivity index (χ0v) is 31.5. The van der Waals surface area contributed by atoms with Gasteiger partial charge in [-0.05, 0) is 92.7 Å². The number of likely N-dealkylation sites (tertiary alicyclic amines) is 1. The largest absolute Gasteiger partial charge is 0.453 e. The van der Waals surface area contributed by atoms with Gasteiger partial charge >= 0.3 is 6.09 Å². The van der Waals surface area contributed by atoms with Crippen molar-refractivity contribution < 1.29 is 27.3 Å². The number of non-ortho nitro benzene ring substituents is 1. The Bertz CT molecular complexity index is 2080. The summed E-state index contributed by atoms with van der Waals surface area (Å²) in [7, 11) is -2.52. The fourth-order valence-corrected chi connectivity index (χ4v) is 10.7. The summed E-state index contributed by atoms with van der Waals surface area (Å²) in [5, 5.41) is 14.3. The maximum absolute atomic E-state index is 15.1. The highest BCUT2D eigenvalue weighted by atomic mass is 32.2. The van der Waals surface area contributed by atoms with Gasteiger partial charge in [0.25, 0.3) is 5.69 Å². The number of benzene rings is 3. The van der Waals surface area contributed by atoms with E-state index in [-0.39, 0.29) is 39.2 Å². The monoisotopic (exact) mass is 758 g/mol. The number of nitro benzene ring substituents is 1. The van der Waals surface area contributed by atoms with Crippen molar-refractivity contribution >= 4 is 27.3 Å². The average molecular weight is 759 g/mol. The highest BCUT2D eigenvalue weighted by Gasteiger charge is 2.54. The van der Waals surface area contributed by atoms with E-state index in [0.717, 1.165) is 94.4 Å². The number of nitrogens with zero attached hydrogens (tertiary/aromatic N) is 5. The molecule has 3 aliphatic rings. The molecule has 54 heavy (non-hydrogen) atoms. The van der Waals surface area contributed by atoms with Crippen LogP contribution in [0, 0.1) is 33.7 Å². The summed E-state index contributed by atoms with van der Waals surface area (Å²) >= 11 is 0. The Kier molecular flexibility index (Phi) is 10.8. The van der Waals surface area contributed by atoms with E-state index in [0.29, 0.717) is 5.92 Å². The number of amides is 1. The number of rotatable bonds is 12. The second kappa shape index (κ2) is 15.5. The van der Waals surface area contributed by atoms with Crippen LogP contribution in [-0.2, 0) is 26.5 Å². The molecule has 2 saturated heterocycles. The Morgan fingerprint density at radius 3 is 2.44 bits per heavy atom. The summed E-state index contributed by atoms with van der Waals surface area (Å²) in [6.07, 6.45) is 8.60. The van der Waals surface area contributed by atoms with Crippen LogP contribution in [0.2, 0.25) is 0 Å². The smallest absolute Gasteiger partial charge is 0.407 e. The standard InChI is InChI=1S/C40H47FN6O6S/c1-3-38-42-19-22-46(38)40(30-7-4-8-31(41)23-30,36-11-6-12-37(36)43-39(48)53-2)29-17-20-44(21-18-29)25-28-26-45(27-28)32-13-15-34(16-14-32)54(51,52)35-10-5-9-33(24-35)47(49)50/h4-5,7-10,13-16,19,22-24,28-29,36-37H,3,6,11-12,17-18,20-21,25-27H2,1-2H3,(H,43,48)/t36-,37-,40?/m0/s1. The Labute approximate surface area is 315 Å². The summed E-state index contributed by atoms with van der Waals surface area (Å²) in [4.78, 5) is 32.6. The molecule has 1 amide bonds. The third-order valence-electron chi connectivity index (χ3n) is 11.8. The zero-order valence-electron chi connectivity index (χ0n) is 30.6. The Morgan fingerprint density at radius 1 is 1.02 bits per heavy atom. The molecule has 3 heterocycles. The van der Waals surface area contributed by atoms with Crippen LogP contribution in [0.3, 0.4) is 0 Å². The number of aryl methyl sites for hydroxylation is 1. The van der Waals surface area contributed by atoms with Gasteiger partial charge in [-0.2, -0.15) is 0 Å². The van der Waals surface area contributed by atoms with Crippen molar-refractivity contribution in [1.29, 1.82) is 0 Å². The molecule has 3 atom stereocenters.